The van der Waals surface area contributed by atoms with E-state index in [9.17, 15) is 0 Å². The van der Waals surface area contributed by atoms with Gasteiger partial charge in [-0.3, -0.25) is 0 Å². The first-order valence-electron chi connectivity index (χ1n) is 12.4. The highest BCUT2D eigenvalue weighted by Crippen LogP contribution is 2.30. The van der Waals surface area contributed by atoms with Crippen LogP contribution in [0.25, 0.3) is 0 Å². The van der Waals surface area contributed by atoms with Gasteiger partial charge in [0, 0.05) is 10.5 Å². The monoisotopic (exact) mass is 550 g/mol. The van der Waals surface area contributed by atoms with Crippen LogP contribution in [0.5, 0.6) is 5.75 Å². The molecule has 3 nitrogen and oxygen atoms in total. The number of hydrogen-bond acceptors (Lipinski definition) is 3. The number of ether oxygens (including phenoxy) is 1. The summed E-state index contributed by atoms with van der Waals surface area (Å²) >= 11 is 3.75. The highest BCUT2D eigenvalue weighted by atomic mass is 79.9. The minimum atomic E-state index is 0. The van der Waals surface area contributed by atoms with Crippen molar-refractivity contribution in [1.82, 2.24) is 10.2 Å². The van der Waals surface area contributed by atoms with Crippen LogP contribution < -0.4 is 10.1 Å². The van der Waals surface area contributed by atoms with Crippen LogP contribution in [0.1, 0.15) is 77.7 Å². The van der Waals surface area contributed by atoms with E-state index < -0.39 is 0 Å². The van der Waals surface area contributed by atoms with Crippen LogP contribution in [0.3, 0.4) is 0 Å². The molecule has 0 unspecified atom stereocenters. The average molecular weight is 552 g/mol. The number of piperidine rings is 1. The second-order valence-electron chi connectivity index (χ2n) is 9.83. The molecule has 1 aromatic carbocycles. The summed E-state index contributed by atoms with van der Waals surface area (Å²) in [6.07, 6.45) is 12.5. The van der Waals surface area contributed by atoms with Gasteiger partial charge in [-0.15, -0.1) is 24.8 Å². The molecule has 0 aromatic heterocycles. The third kappa shape index (κ3) is 10.1. The number of halogens is 3. The number of nitrogens with one attached hydrogen (secondary N) is 1. The van der Waals surface area contributed by atoms with Gasteiger partial charge in [-0.2, -0.15) is 0 Å². The van der Waals surface area contributed by atoms with Crippen LogP contribution in [0.15, 0.2) is 22.7 Å². The molecule has 1 saturated heterocycles. The lowest BCUT2D eigenvalue weighted by molar-refractivity contribution is 0.174. The Kier molecular flexibility index (Phi) is 14.8. The van der Waals surface area contributed by atoms with Crippen LogP contribution in [0, 0.1) is 11.8 Å². The van der Waals surface area contributed by atoms with E-state index in [-0.39, 0.29) is 30.9 Å². The Morgan fingerprint density at radius 1 is 1.03 bits per heavy atom. The van der Waals surface area contributed by atoms with Gasteiger partial charge in [0.1, 0.15) is 5.75 Å². The summed E-state index contributed by atoms with van der Waals surface area (Å²) in [5, 5.41) is 3.63. The summed E-state index contributed by atoms with van der Waals surface area (Å²) in [4.78, 5) is 2.72. The van der Waals surface area contributed by atoms with E-state index in [2.05, 4.69) is 65.1 Å². The van der Waals surface area contributed by atoms with E-state index >= 15 is 0 Å². The molecule has 1 heterocycles. The SMILES string of the molecule is CCNC1CCC(CCCN2CCC(Cc3cc(OC(C)C)ccc3Br)CC2)CC1.Cl.Cl. The first-order chi connectivity index (χ1) is 14.5. The van der Waals surface area contributed by atoms with Crippen molar-refractivity contribution in [2.75, 3.05) is 26.2 Å². The molecule has 1 aliphatic heterocycles. The summed E-state index contributed by atoms with van der Waals surface area (Å²) in [5.74, 6) is 2.78. The zero-order valence-corrected chi connectivity index (χ0v) is 23.5. The minimum Gasteiger partial charge on any atom is -0.491 e. The van der Waals surface area contributed by atoms with E-state index in [1.807, 2.05) is 0 Å². The Hall–Kier alpha value is -0.000000000000000111. The largest absolute Gasteiger partial charge is 0.491 e. The highest BCUT2D eigenvalue weighted by Gasteiger charge is 2.22. The van der Waals surface area contributed by atoms with Gasteiger partial charge in [-0.25, -0.2) is 0 Å². The first kappa shape index (κ1) is 30.0. The van der Waals surface area contributed by atoms with Gasteiger partial charge < -0.3 is 15.0 Å². The predicted octanol–water partition coefficient (Wildman–Crippen LogP) is 7.28. The number of nitrogens with zero attached hydrogens (tertiary/aromatic N) is 1. The van der Waals surface area contributed by atoms with Gasteiger partial charge in [0.05, 0.1) is 6.10 Å². The molecule has 2 aliphatic rings. The Balaban J connectivity index is 0.00000256. The Morgan fingerprint density at radius 2 is 1.72 bits per heavy atom. The summed E-state index contributed by atoms with van der Waals surface area (Å²) < 4.78 is 7.12. The molecule has 3 rings (SSSR count). The quantitative estimate of drug-likeness (QED) is 0.330. The van der Waals surface area contributed by atoms with Crippen molar-refractivity contribution in [2.45, 2.75) is 90.7 Å². The first-order valence-corrected chi connectivity index (χ1v) is 13.2. The zero-order valence-electron chi connectivity index (χ0n) is 20.3. The van der Waals surface area contributed by atoms with Crippen molar-refractivity contribution in [3.63, 3.8) is 0 Å². The Morgan fingerprint density at radius 3 is 2.34 bits per heavy atom. The Bertz CT molecular complexity index is 630. The second kappa shape index (κ2) is 15.8. The van der Waals surface area contributed by atoms with Crippen molar-refractivity contribution in [3.8, 4) is 5.75 Å². The van der Waals surface area contributed by atoms with Gasteiger partial charge in [-0.1, -0.05) is 22.9 Å². The number of rotatable bonds is 10. The van der Waals surface area contributed by atoms with Crippen LogP contribution in [0.2, 0.25) is 0 Å². The summed E-state index contributed by atoms with van der Waals surface area (Å²) in [6.45, 7) is 11.4. The molecule has 0 bridgehead atoms. The smallest absolute Gasteiger partial charge is 0.120 e. The molecule has 1 aliphatic carbocycles. The molecule has 0 radical (unpaired) electrons. The number of hydrogen-bond donors (Lipinski definition) is 1. The molecule has 32 heavy (non-hydrogen) atoms. The fraction of sp³-hybridized carbons (Fsp3) is 0.769. The average Bonchev–Trinajstić information content (AvgIpc) is 2.73. The highest BCUT2D eigenvalue weighted by molar-refractivity contribution is 9.10. The molecular weight excluding hydrogens is 507 g/mol. The molecule has 0 atom stereocenters. The van der Waals surface area contributed by atoms with Gasteiger partial charge in [0.2, 0.25) is 0 Å². The standard InChI is InChI=1S/C26H43BrN2O.2ClH/c1-4-28-24-9-7-21(8-10-24)6-5-15-29-16-13-22(14-17-29)18-23-19-25(30-20(2)3)11-12-26(23)27;;/h11-12,19-22,24,28H,4-10,13-18H2,1-3H3;2*1H. The molecular formula is C26H45BrCl2N2O. The molecule has 1 aromatic rings. The maximum atomic E-state index is 5.90. The lowest BCUT2D eigenvalue weighted by atomic mass is 9.83. The molecule has 6 heteroatoms. The van der Waals surface area contributed by atoms with Crippen LogP contribution >= 0.6 is 40.7 Å². The molecule has 1 saturated carbocycles. The van der Waals surface area contributed by atoms with E-state index in [1.54, 1.807) is 0 Å². The fourth-order valence-corrected chi connectivity index (χ4v) is 5.73. The maximum Gasteiger partial charge on any atom is 0.120 e. The van der Waals surface area contributed by atoms with Crippen molar-refractivity contribution in [3.05, 3.63) is 28.2 Å². The third-order valence-corrected chi connectivity index (χ3v) is 7.80. The third-order valence-electron chi connectivity index (χ3n) is 7.03. The van der Waals surface area contributed by atoms with E-state index in [4.69, 9.17) is 4.74 Å². The second-order valence-corrected chi connectivity index (χ2v) is 10.7. The molecule has 186 valence electrons. The topological polar surface area (TPSA) is 24.5 Å². The lowest BCUT2D eigenvalue weighted by Gasteiger charge is -2.33. The van der Waals surface area contributed by atoms with Crippen LogP contribution in [0.4, 0.5) is 0 Å². The van der Waals surface area contributed by atoms with Crippen molar-refractivity contribution in [1.29, 1.82) is 0 Å². The van der Waals surface area contributed by atoms with Crippen molar-refractivity contribution in [2.24, 2.45) is 11.8 Å². The van der Waals surface area contributed by atoms with Gasteiger partial charge in [-0.05, 0) is 133 Å². The zero-order chi connectivity index (χ0) is 21.3. The van der Waals surface area contributed by atoms with Crippen LogP contribution in [-0.2, 0) is 6.42 Å². The van der Waals surface area contributed by atoms with Gasteiger partial charge in [0.15, 0.2) is 0 Å². The van der Waals surface area contributed by atoms with Crippen molar-refractivity contribution >= 4 is 40.7 Å². The van der Waals surface area contributed by atoms with E-state index in [0.717, 1.165) is 30.2 Å². The summed E-state index contributed by atoms with van der Waals surface area (Å²) in [6, 6.07) is 7.25. The summed E-state index contributed by atoms with van der Waals surface area (Å²) in [5.41, 5.74) is 1.40. The van der Waals surface area contributed by atoms with Gasteiger partial charge >= 0.3 is 0 Å². The lowest BCUT2D eigenvalue weighted by Crippen LogP contribution is -2.35. The predicted molar refractivity (Wildman–Crippen MR) is 146 cm³/mol. The molecule has 1 N–H and O–H groups in total. The van der Waals surface area contributed by atoms with E-state index in [0.29, 0.717) is 0 Å². The van der Waals surface area contributed by atoms with E-state index in [1.165, 1.54) is 87.5 Å². The van der Waals surface area contributed by atoms with Crippen LogP contribution in [-0.4, -0.2) is 43.2 Å². The molecule has 0 spiro atoms. The normalized spacial score (nSPS) is 22.3. The van der Waals surface area contributed by atoms with Crippen molar-refractivity contribution < 1.29 is 4.74 Å². The van der Waals surface area contributed by atoms with Gasteiger partial charge in [0.25, 0.3) is 0 Å². The molecule has 2 fully saturated rings. The summed E-state index contributed by atoms with van der Waals surface area (Å²) in [7, 11) is 0. The Labute approximate surface area is 217 Å². The molecule has 0 amide bonds. The number of benzene rings is 1. The number of likely N-dealkylation sites (tertiary alicyclic amines) is 1. The maximum absolute atomic E-state index is 5.90. The fourth-order valence-electron chi connectivity index (χ4n) is 5.33. The minimum absolute atomic E-state index is 0.